The molecule has 28 heteroatoms. The van der Waals surface area contributed by atoms with Gasteiger partial charge in [0.05, 0.1) is 32.8 Å². The summed E-state index contributed by atoms with van der Waals surface area (Å²) in [6.45, 7) is 42.0. The first kappa shape index (κ1) is 105. The van der Waals surface area contributed by atoms with Crippen molar-refractivity contribution < 1.29 is 40.1 Å². The predicted octanol–water partition coefficient (Wildman–Crippen LogP) is 23.1. The van der Waals surface area contributed by atoms with E-state index in [2.05, 4.69) is 177 Å². The van der Waals surface area contributed by atoms with Crippen LogP contribution in [0.1, 0.15) is 331 Å². The molecule has 714 valence electrons. The Morgan fingerprint density at radius 2 is 0.711 bits per heavy atom. The number of halogens is 3. The molecule has 128 heavy (non-hydrogen) atoms. The number of Topliss-reactive ketones (excluding diaryl/α,β-unsaturated/α-hetero) is 1. The van der Waals surface area contributed by atoms with Crippen LogP contribution in [-0.4, -0.2) is 155 Å². The second-order valence-corrected chi connectivity index (χ2v) is 52.0. The number of rotatable bonds is 22. The number of nitrogens with zero attached hydrogens (tertiary/aromatic N) is 11. The van der Waals surface area contributed by atoms with Gasteiger partial charge in [0, 0.05) is 89.5 Å². The fraction of sp³-hybridized carbons (Fsp3) is 0.750. The summed E-state index contributed by atoms with van der Waals surface area (Å²) >= 11 is 10.9. The van der Waals surface area contributed by atoms with Crippen LogP contribution in [0.15, 0.2) is 24.3 Å². The fourth-order valence-electron chi connectivity index (χ4n) is 21.8. The van der Waals surface area contributed by atoms with E-state index in [-0.39, 0.29) is 49.7 Å². The van der Waals surface area contributed by atoms with Crippen LogP contribution in [0.5, 0.6) is 0 Å². The van der Waals surface area contributed by atoms with Gasteiger partial charge in [0.2, 0.25) is 0 Å². The Morgan fingerprint density at radius 1 is 0.406 bits per heavy atom. The Balaban J connectivity index is 0.000000168. The second-order valence-electron chi connectivity index (χ2n) is 42.0. The van der Waals surface area contributed by atoms with Crippen LogP contribution in [0.2, 0.25) is 5.82 Å². The van der Waals surface area contributed by atoms with Crippen LogP contribution >= 0.6 is 47.8 Å². The van der Waals surface area contributed by atoms with E-state index in [0.717, 1.165) is 209 Å². The number of pyridine rings is 4. The molecule has 0 bridgehead atoms. The number of sulfone groups is 3. The highest BCUT2D eigenvalue weighted by Crippen LogP contribution is 2.46. The Bertz CT molecular complexity index is 5270. The number of aromatic nitrogens is 12. The maximum atomic E-state index is 12.9. The van der Waals surface area contributed by atoms with Crippen LogP contribution in [0.25, 0.3) is 44.7 Å². The number of hydrogen-bond acceptors (Lipinski definition) is 17. The van der Waals surface area contributed by atoms with E-state index in [4.69, 9.17) is 40.0 Å². The van der Waals surface area contributed by atoms with Crippen LogP contribution in [0.4, 0.5) is 0 Å². The molecule has 21 nitrogen and oxygen atoms in total. The lowest BCUT2D eigenvalue weighted by Crippen LogP contribution is -2.35. The van der Waals surface area contributed by atoms with Gasteiger partial charge in [-0.1, -0.05) is 137 Å². The average molecular weight is 2020 g/mol. The minimum absolute atomic E-state index is 0.110. The molecule has 8 aromatic heterocycles. The summed E-state index contributed by atoms with van der Waals surface area (Å²) in [5.74, 6) is 10.3. The first-order valence-corrected chi connectivity index (χ1v) is 57.2. The normalized spacial score (nSPS) is 25.1. The zero-order valence-corrected chi connectivity index (χ0v) is 88.5. The molecular formula is C100H158BBr3N12O9S3. The van der Waals surface area contributed by atoms with Crippen LogP contribution in [-0.2, 0) is 79.6 Å². The van der Waals surface area contributed by atoms with Crippen molar-refractivity contribution in [2.24, 2.45) is 58.2 Å². The van der Waals surface area contributed by atoms with E-state index in [1.54, 1.807) is 6.92 Å². The highest BCUT2D eigenvalue weighted by atomic mass is 79.9. The zero-order chi connectivity index (χ0) is 93.5. The van der Waals surface area contributed by atoms with Crippen molar-refractivity contribution in [1.82, 2.24) is 58.6 Å². The molecule has 8 aromatic rings. The maximum absolute atomic E-state index is 12.9. The van der Waals surface area contributed by atoms with E-state index < -0.39 is 36.6 Å². The molecule has 0 atom stereocenters. The molecule has 0 spiro atoms. The number of alkyl halides is 3. The number of aryl methyl sites for hydroxylation is 12. The van der Waals surface area contributed by atoms with Crippen molar-refractivity contribution in [3.63, 3.8) is 0 Å². The van der Waals surface area contributed by atoms with Crippen molar-refractivity contribution in [3.8, 4) is 0 Å². The standard InChI is InChI=1S/C28H45N3O2S.C27H41N3O3S.C17H24BrN3.C11H23BO4S.C10H13N3.C7H12Br2/c1-7-25-30-26-19(2)16-20(3)29-27(26)31(25)17-21-8-10-22(11-9-21)23-12-14-24(15-13-23)34(32,33)18-28(4,5)6;1-5-23(31)17-34(32,33)24-13-11-22(12-14-24)21-9-7-20(8-10-21)16-30-25(6-2)29-26-18(3)15-19(4)28-27(26)30;1-4-15-20-16-11(2)9-12(3)19-17(16)21(15)10-13-5-7-14(18)8-6-13;1-11(2,3)8-17(15,16)10-6-4-9(5-7-10)12(13)14;1-4-8-12-9-6(2)5-7(3)11-10(9)13-8;8-5-6-1-3-7(9)4-2-6/h16,21-24H,7-15,17-18H2,1-6H3;15,20-22,24H,5-14,16-17H2,1-4H3;9,13-14H,4-8,10H2,1-3H3;9-10,13-14H,4-8H2,1-3H3;5H,4H2,1-3H3,(H,11,12,13);6-7H,1-5H2. The maximum Gasteiger partial charge on any atom is 0.454 e. The fourth-order valence-corrected chi connectivity index (χ4v) is 30.2. The molecule has 0 aliphatic heterocycles. The van der Waals surface area contributed by atoms with Gasteiger partial charge in [-0.2, -0.15) is 0 Å². The zero-order valence-electron chi connectivity index (χ0n) is 81.3. The predicted molar refractivity (Wildman–Crippen MR) is 539 cm³/mol. The molecule has 8 heterocycles. The Hall–Kier alpha value is -4.58. The van der Waals surface area contributed by atoms with Crippen molar-refractivity contribution >= 4 is 135 Å². The monoisotopic (exact) mass is 2010 g/mol. The summed E-state index contributed by atoms with van der Waals surface area (Å²) in [5, 5.41) is 18.6. The Kier molecular flexibility index (Phi) is 39.0. The van der Waals surface area contributed by atoms with Gasteiger partial charge in [-0.25, -0.2) is 65.1 Å². The lowest BCUT2D eigenvalue weighted by molar-refractivity contribution is -0.116. The Labute approximate surface area is 794 Å². The lowest BCUT2D eigenvalue weighted by Gasteiger charge is -2.38. The van der Waals surface area contributed by atoms with E-state index in [0.29, 0.717) is 67.4 Å². The van der Waals surface area contributed by atoms with E-state index in [1.807, 2.05) is 48.5 Å². The van der Waals surface area contributed by atoms with Crippen LogP contribution in [0, 0.1) is 114 Å². The first-order chi connectivity index (χ1) is 60.4. The molecular weight excluding hydrogens is 1860 g/mol. The summed E-state index contributed by atoms with van der Waals surface area (Å²) < 4.78 is 82.3. The summed E-state index contributed by atoms with van der Waals surface area (Å²) in [6, 6.07) is 8.45. The number of hydrogen-bond donors (Lipinski definition) is 3. The molecule has 0 aromatic carbocycles. The molecule has 15 rings (SSSR count). The largest absolute Gasteiger partial charge is 0.454 e. The quantitative estimate of drug-likeness (QED) is 0.0419. The molecule has 7 fully saturated rings. The van der Waals surface area contributed by atoms with E-state index >= 15 is 0 Å². The van der Waals surface area contributed by atoms with Gasteiger partial charge in [0.25, 0.3) is 0 Å². The molecule has 7 saturated carbocycles. The van der Waals surface area contributed by atoms with Crippen molar-refractivity contribution in [2.45, 2.75) is 394 Å². The first-order valence-electron chi connectivity index (χ1n) is 49.1. The molecule has 0 radical (unpaired) electrons. The molecule has 3 N–H and O–H groups in total. The average Bonchev–Trinajstić information content (AvgIpc) is 1.63. The Morgan fingerprint density at radius 3 is 1.02 bits per heavy atom. The number of nitrogens with one attached hydrogen (secondary N) is 1. The minimum atomic E-state index is -3.28. The summed E-state index contributed by atoms with van der Waals surface area (Å²) in [4.78, 5) is 54.4. The third-order valence-electron chi connectivity index (χ3n) is 28.8. The number of carbonyl (C=O) groups excluding carboxylic acids is 1. The molecule has 0 amide bonds. The van der Waals surface area contributed by atoms with E-state index in [9.17, 15) is 30.0 Å². The smallest absolute Gasteiger partial charge is 0.427 e. The summed E-state index contributed by atoms with van der Waals surface area (Å²) in [6.07, 6.45) is 34.5. The number of H-pyrrole nitrogens is 1. The van der Waals surface area contributed by atoms with Crippen LogP contribution in [0.3, 0.4) is 0 Å². The molecule has 7 aliphatic rings. The number of aromatic amines is 1. The van der Waals surface area contributed by atoms with Gasteiger partial charge in [-0.05, 0) is 333 Å². The lowest BCUT2D eigenvalue weighted by atomic mass is 9.65. The van der Waals surface area contributed by atoms with Gasteiger partial charge in [0.15, 0.2) is 52.1 Å². The van der Waals surface area contributed by atoms with Gasteiger partial charge in [-0.15, -0.1) is 0 Å². The van der Waals surface area contributed by atoms with Gasteiger partial charge < -0.3 is 28.7 Å². The summed E-state index contributed by atoms with van der Waals surface area (Å²) in [7, 11) is -10.6. The highest BCUT2D eigenvalue weighted by Gasteiger charge is 2.41. The molecule has 0 saturated heterocycles. The molecule has 7 aliphatic carbocycles. The number of ketones is 1. The number of carbonyl (C=O) groups is 1. The second kappa shape index (κ2) is 47.3. The topological polar surface area (TPSA) is 294 Å². The van der Waals surface area contributed by atoms with Crippen LogP contribution < -0.4 is 0 Å². The number of fused-ring (bicyclic) bond motifs is 4. The molecule has 0 unspecified atom stereocenters. The van der Waals surface area contributed by atoms with Gasteiger partial charge in [0.1, 0.15) is 51.4 Å². The SMILES string of the molecule is BrCC1CCC(Br)CC1.CC(C)(C)CS(=O)(=O)C1CCC(B(O)O)CC1.CCC(=O)CS(=O)(=O)C1CCC(C2CCC(Cn3c(CC)nc4c(C)cc(C)nc43)CC2)CC1.CCc1nc2c(C)cc(C)nc2n1CC1CCC(Br)CC1.CCc1nc2c(C)cc(C)nc2n1CC1CCC(C2CCC(S(=O)(=O)CC(C)(C)C)CC2)CC1.CCc1nc2nc(C)cc(C)c2[nH]1. The minimum Gasteiger partial charge on any atom is -0.427 e. The van der Waals surface area contributed by atoms with Crippen molar-refractivity contribution in [2.75, 3.05) is 22.6 Å². The van der Waals surface area contributed by atoms with Gasteiger partial charge in [-0.3, -0.25) is 4.79 Å². The van der Waals surface area contributed by atoms with Gasteiger partial charge >= 0.3 is 7.12 Å². The summed E-state index contributed by atoms with van der Waals surface area (Å²) in [5.41, 5.74) is 17.1. The third kappa shape index (κ3) is 29.5. The number of imidazole rings is 4. The third-order valence-corrected chi connectivity index (χ3v) is 39.2. The van der Waals surface area contributed by atoms with E-state index in [1.165, 1.54) is 136 Å². The highest BCUT2D eigenvalue weighted by molar-refractivity contribution is 9.09. The van der Waals surface area contributed by atoms with Crippen molar-refractivity contribution in [3.05, 3.63) is 92.6 Å². The van der Waals surface area contributed by atoms with Crippen molar-refractivity contribution in [1.29, 1.82) is 0 Å².